The van der Waals surface area contributed by atoms with Gasteiger partial charge < -0.3 is 15.1 Å². The number of piperazine rings is 1. The first kappa shape index (κ1) is 21.2. The molecule has 2 amide bonds. The fourth-order valence-electron chi connectivity index (χ4n) is 4.17. The number of anilines is 2. The molecule has 0 aliphatic carbocycles. The molecule has 0 radical (unpaired) electrons. The molecule has 4 heterocycles. The lowest BCUT2D eigenvalue weighted by molar-refractivity contribution is 0.0538. The van der Waals surface area contributed by atoms with E-state index in [-0.39, 0.29) is 11.8 Å². The van der Waals surface area contributed by atoms with E-state index in [1.165, 1.54) is 11.3 Å². The van der Waals surface area contributed by atoms with Gasteiger partial charge in [0.25, 0.3) is 11.8 Å². The van der Waals surface area contributed by atoms with Crippen LogP contribution in [0.5, 0.6) is 0 Å². The summed E-state index contributed by atoms with van der Waals surface area (Å²) in [6.07, 6.45) is 0. The number of hydrogen-bond acceptors (Lipinski definition) is 8. The van der Waals surface area contributed by atoms with E-state index >= 15 is 0 Å². The predicted octanol–water partition coefficient (Wildman–Crippen LogP) is 3.08. The average molecular weight is 485 g/mol. The molecule has 5 aromatic rings. The molecule has 35 heavy (non-hydrogen) atoms. The zero-order chi connectivity index (χ0) is 23.8. The van der Waals surface area contributed by atoms with E-state index in [4.69, 9.17) is 0 Å². The first-order valence-electron chi connectivity index (χ1n) is 11.1. The lowest BCUT2D eigenvalue weighted by Gasteiger charge is -2.34. The van der Waals surface area contributed by atoms with Crippen molar-refractivity contribution in [1.29, 1.82) is 0 Å². The van der Waals surface area contributed by atoms with Gasteiger partial charge in [0, 0.05) is 37.4 Å². The minimum Gasteiger partial charge on any atom is -0.337 e. The van der Waals surface area contributed by atoms with Gasteiger partial charge in [-0.15, -0.1) is 16.4 Å². The first-order chi connectivity index (χ1) is 17.2. The van der Waals surface area contributed by atoms with Gasteiger partial charge in [-0.1, -0.05) is 18.2 Å². The minimum absolute atomic E-state index is 0.0295. The Hall–Kier alpha value is -4.38. The standard InChI is InChI=1S/C24H20N8O2S/c33-23(30-11-13-31(14-12-30)24(34)20-6-3-15-35-20)16-7-9-17(10-8-16)25-21-22-27-28-29-32(22)19-5-2-1-4-18(19)26-21/h1-10,15H,11-14H2,(H,25,26). The number of nitrogens with one attached hydrogen (secondary N) is 1. The topological polar surface area (TPSA) is 109 Å². The maximum absolute atomic E-state index is 13.0. The van der Waals surface area contributed by atoms with Crippen molar-refractivity contribution in [3.63, 3.8) is 0 Å². The molecule has 0 saturated carbocycles. The second kappa shape index (κ2) is 8.76. The molecular weight excluding hydrogens is 464 g/mol. The number of rotatable bonds is 4. The molecular formula is C24H20N8O2S. The number of tetrazole rings is 1. The summed E-state index contributed by atoms with van der Waals surface area (Å²) in [5.74, 6) is 0.508. The number of carbonyl (C=O) groups is 2. The molecule has 0 spiro atoms. The summed E-state index contributed by atoms with van der Waals surface area (Å²) in [4.78, 5) is 34.5. The summed E-state index contributed by atoms with van der Waals surface area (Å²) in [5, 5.41) is 17.1. The van der Waals surface area contributed by atoms with E-state index < -0.39 is 0 Å². The number of nitrogens with zero attached hydrogens (tertiary/aromatic N) is 7. The Bertz CT molecular complexity index is 1520. The van der Waals surface area contributed by atoms with E-state index in [2.05, 4.69) is 25.8 Å². The highest BCUT2D eigenvalue weighted by Crippen LogP contribution is 2.23. The van der Waals surface area contributed by atoms with Crippen LogP contribution in [0.2, 0.25) is 0 Å². The summed E-state index contributed by atoms with van der Waals surface area (Å²) in [6, 6.07) is 18.6. The largest absolute Gasteiger partial charge is 0.337 e. The van der Waals surface area contributed by atoms with Gasteiger partial charge in [0.15, 0.2) is 5.82 Å². The van der Waals surface area contributed by atoms with Crippen LogP contribution in [0.1, 0.15) is 20.0 Å². The van der Waals surface area contributed by atoms with Crippen LogP contribution in [-0.4, -0.2) is 72.8 Å². The zero-order valence-electron chi connectivity index (χ0n) is 18.5. The molecule has 1 fully saturated rings. The van der Waals surface area contributed by atoms with Gasteiger partial charge in [0.2, 0.25) is 5.65 Å². The first-order valence-corrected chi connectivity index (χ1v) is 12.0. The van der Waals surface area contributed by atoms with Crippen molar-refractivity contribution in [1.82, 2.24) is 34.8 Å². The number of benzene rings is 2. The smallest absolute Gasteiger partial charge is 0.264 e. The monoisotopic (exact) mass is 484 g/mol. The molecule has 6 rings (SSSR count). The number of carbonyl (C=O) groups excluding carboxylic acids is 2. The van der Waals surface area contributed by atoms with Crippen molar-refractivity contribution in [3.8, 4) is 0 Å². The third-order valence-electron chi connectivity index (χ3n) is 6.00. The summed E-state index contributed by atoms with van der Waals surface area (Å²) in [6.45, 7) is 2.07. The molecule has 0 unspecified atom stereocenters. The molecule has 174 valence electrons. The van der Waals surface area contributed by atoms with E-state index in [1.54, 1.807) is 26.4 Å². The van der Waals surface area contributed by atoms with Crippen LogP contribution in [0.3, 0.4) is 0 Å². The van der Waals surface area contributed by atoms with Crippen molar-refractivity contribution in [3.05, 3.63) is 76.5 Å². The Morgan fingerprint density at radius 2 is 1.60 bits per heavy atom. The molecule has 1 aliphatic heterocycles. The number of thiophene rings is 1. The number of hydrogen-bond donors (Lipinski definition) is 1. The quantitative estimate of drug-likeness (QED) is 0.418. The van der Waals surface area contributed by atoms with Crippen LogP contribution in [0, 0.1) is 0 Å². The summed E-state index contributed by atoms with van der Waals surface area (Å²) in [5.41, 5.74) is 3.45. The van der Waals surface area contributed by atoms with Crippen LogP contribution in [0.15, 0.2) is 66.0 Å². The van der Waals surface area contributed by atoms with Crippen LogP contribution in [0.4, 0.5) is 11.5 Å². The molecule has 1 saturated heterocycles. The zero-order valence-corrected chi connectivity index (χ0v) is 19.4. The fourth-order valence-corrected chi connectivity index (χ4v) is 4.86. The molecule has 2 aromatic carbocycles. The second-order valence-corrected chi connectivity index (χ2v) is 9.08. The fraction of sp³-hybridized carbons (Fsp3) is 0.167. The Kier molecular flexibility index (Phi) is 5.30. The molecule has 3 aromatic heterocycles. The number of para-hydroxylation sites is 2. The summed E-state index contributed by atoms with van der Waals surface area (Å²) in [7, 11) is 0. The minimum atomic E-state index is -0.0485. The van der Waals surface area contributed by atoms with E-state index in [9.17, 15) is 9.59 Å². The van der Waals surface area contributed by atoms with Gasteiger partial charge in [-0.25, -0.2) is 4.98 Å². The van der Waals surface area contributed by atoms with Crippen molar-refractivity contribution in [2.45, 2.75) is 0 Å². The highest BCUT2D eigenvalue weighted by molar-refractivity contribution is 7.12. The van der Waals surface area contributed by atoms with Gasteiger partial charge in [-0.2, -0.15) is 4.52 Å². The molecule has 0 bridgehead atoms. The Morgan fingerprint density at radius 3 is 2.34 bits per heavy atom. The third kappa shape index (κ3) is 3.95. The van der Waals surface area contributed by atoms with E-state index in [1.807, 2.05) is 53.9 Å². The van der Waals surface area contributed by atoms with Crippen LogP contribution < -0.4 is 5.32 Å². The second-order valence-electron chi connectivity index (χ2n) is 8.13. The predicted molar refractivity (Wildman–Crippen MR) is 132 cm³/mol. The van der Waals surface area contributed by atoms with E-state index in [0.717, 1.165) is 21.6 Å². The summed E-state index contributed by atoms with van der Waals surface area (Å²) < 4.78 is 1.64. The number of aromatic nitrogens is 5. The highest BCUT2D eigenvalue weighted by atomic mass is 32.1. The lowest BCUT2D eigenvalue weighted by atomic mass is 10.1. The third-order valence-corrected chi connectivity index (χ3v) is 6.86. The normalized spacial score (nSPS) is 13.9. The van der Waals surface area contributed by atoms with Gasteiger partial charge in [-0.3, -0.25) is 9.59 Å². The maximum Gasteiger partial charge on any atom is 0.264 e. The SMILES string of the molecule is O=C(c1ccc(Nc2nc3ccccc3n3nnnc23)cc1)N1CCN(C(=O)c2cccs2)CC1. The molecule has 1 N–H and O–H groups in total. The van der Waals surface area contributed by atoms with Gasteiger partial charge in [0.1, 0.15) is 0 Å². The Balaban J connectivity index is 1.14. The van der Waals surface area contributed by atoms with Crippen LogP contribution in [0.25, 0.3) is 16.7 Å². The van der Waals surface area contributed by atoms with Gasteiger partial charge in [-0.05, 0) is 58.3 Å². The number of fused-ring (bicyclic) bond motifs is 3. The average Bonchev–Trinajstić information content (AvgIpc) is 3.62. The molecule has 1 aliphatic rings. The van der Waals surface area contributed by atoms with Crippen LogP contribution >= 0.6 is 11.3 Å². The van der Waals surface area contributed by atoms with Gasteiger partial charge in [0.05, 0.1) is 15.9 Å². The van der Waals surface area contributed by atoms with Gasteiger partial charge >= 0.3 is 0 Å². The van der Waals surface area contributed by atoms with Crippen LogP contribution in [-0.2, 0) is 0 Å². The molecule has 0 atom stereocenters. The maximum atomic E-state index is 13.0. The van der Waals surface area contributed by atoms with E-state index in [0.29, 0.717) is 43.2 Å². The Morgan fingerprint density at radius 1 is 0.857 bits per heavy atom. The Labute approximate surface area is 203 Å². The summed E-state index contributed by atoms with van der Waals surface area (Å²) >= 11 is 1.44. The molecule has 11 heteroatoms. The molecule has 10 nitrogen and oxygen atoms in total. The number of amides is 2. The van der Waals surface area contributed by atoms with Crippen molar-refractivity contribution in [2.75, 3.05) is 31.5 Å². The highest BCUT2D eigenvalue weighted by Gasteiger charge is 2.26. The van der Waals surface area contributed by atoms with Crippen molar-refractivity contribution < 1.29 is 9.59 Å². The lowest BCUT2D eigenvalue weighted by Crippen LogP contribution is -2.50. The van der Waals surface area contributed by atoms with Crippen molar-refractivity contribution in [2.24, 2.45) is 0 Å². The van der Waals surface area contributed by atoms with Crippen molar-refractivity contribution >= 4 is 51.3 Å².